The van der Waals surface area contributed by atoms with Gasteiger partial charge < -0.3 is 19.9 Å². The lowest BCUT2D eigenvalue weighted by atomic mass is 10.0. The van der Waals surface area contributed by atoms with E-state index in [4.69, 9.17) is 15.6 Å². The number of alkyl halides is 1. The van der Waals surface area contributed by atoms with E-state index in [1.807, 2.05) is 13.1 Å². The number of aryl methyl sites for hydroxylation is 1. The second-order valence-corrected chi connectivity index (χ2v) is 12.4. The number of likely N-dealkylation sites (tertiary alicyclic amines) is 1. The number of fused-ring (bicyclic) bond motifs is 3. The highest BCUT2D eigenvalue weighted by Crippen LogP contribution is 2.39. The van der Waals surface area contributed by atoms with Crippen LogP contribution >= 0.6 is 0 Å². The van der Waals surface area contributed by atoms with Crippen molar-refractivity contribution in [1.29, 1.82) is 0 Å². The minimum atomic E-state index is -1.13. The smallest absolute Gasteiger partial charge is 0.255 e. The largest absolute Gasteiger partial charge is 0.494 e. The number of amides is 1. The number of hydrogen-bond acceptors (Lipinski definition) is 5. The van der Waals surface area contributed by atoms with Crippen LogP contribution in [0.5, 0.6) is 5.75 Å². The molecule has 1 aliphatic carbocycles. The van der Waals surface area contributed by atoms with E-state index >= 15 is 0 Å². The van der Waals surface area contributed by atoms with Gasteiger partial charge in [-0.05, 0) is 73.6 Å². The SMILES string of the molecule is COc1cc(C(=O)N2C[C@H](N)C[C@@H](F)C2)cn2nc(-c3cc4ccc(-c5ccc6[nH]ncc6c5)cc4n3CC3CC3)c(C)c12. The molecule has 1 saturated heterocycles. The Morgan fingerprint density at radius 3 is 2.70 bits per heavy atom. The van der Waals surface area contributed by atoms with E-state index < -0.39 is 6.17 Å². The summed E-state index contributed by atoms with van der Waals surface area (Å²) in [5, 5.41) is 14.5. The third-order valence-corrected chi connectivity index (χ3v) is 9.17. The summed E-state index contributed by atoms with van der Waals surface area (Å²) in [7, 11) is 1.59. The van der Waals surface area contributed by atoms with E-state index in [1.54, 1.807) is 23.9 Å². The molecular weight excluding hydrogens is 557 g/mol. The molecule has 1 aliphatic heterocycles. The van der Waals surface area contributed by atoms with Crippen LogP contribution in [0.1, 0.15) is 35.2 Å². The maximum atomic E-state index is 14.3. The number of aromatic nitrogens is 5. The Hall–Kier alpha value is -4.70. The van der Waals surface area contributed by atoms with Crippen molar-refractivity contribution in [1.82, 2.24) is 29.3 Å². The van der Waals surface area contributed by atoms with Crippen molar-refractivity contribution >= 4 is 33.2 Å². The van der Waals surface area contributed by atoms with Crippen LogP contribution in [-0.4, -0.2) is 67.6 Å². The first kappa shape index (κ1) is 26.9. The van der Waals surface area contributed by atoms with Gasteiger partial charge in [-0.1, -0.05) is 18.2 Å². The van der Waals surface area contributed by atoms with Crippen molar-refractivity contribution in [3.05, 3.63) is 72.1 Å². The number of H-pyrrole nitrogens is 1. The average molecular weight is 592 g/mol. The van der Waals surface area contributed by atoms with Crippen LogP contribution < -0.4 is 10.5 Å². The molecule has 2 aliphatic rings. The van der Waals surface area contributed by atoms with Crippen LogP contribution in [0.15, 0.2) is 60.9 Å². The quantitative estimate of drug-likeness (QED) is 0.257. The standard InChI is InChI=1S/C34H34FN7O2/c1-19-32(39-42-16-25(12-31(44-2)33(19)42)34(43)40-17-26(35)13-27(36)18-40)30-11-23-6-5-22(10-29(23)41(30)15-20-3-4-20)21-7-8-28-24(9-21)14-37-38-28/h5-12,14,16,20,26-27H,3-4,13,15,17-18,36H2,1-2H3,(H,37,38)/t26-,27-/m1/s1. The second kappa shape index (κ2) is 10.2. The molecule has 44 heavy (non-hydrogen) atoms. The topological polar surface area (TPSA) is 106 Å². The van der Waals surface area contributed by atoms with Gasteiger partial charge in [0.1, 0.15) is 23.1 Å². The lowest BCUT2D eigenvalue weighted by molar-refractivity contribution is 0.0606. The van der Waals surface area contributed by atoms with Gasteiger partial charge in [0.05, 0.1) is 36.6 Å². The number of aromatic amines is 1. The van der Waals surface area contributed by atoms with Gasteiger partial charge in [0.25, 0.3) is 5.91 Å². The number of carbonyl (C=O) groups excluding carboxylic acids is 1. The van der Waals surface area contributed by atoms with Crippen molar-refractivity contribution in [2.24, 2.45) is 11.7 Å². The fourth-order valence-corrected chi connectivity index (χ4v) is 6.73. The summed E-state index contributed by atoms with van der Waals surface area (Å²) in [4.78, 5) is 15.0. The highest BCUT2D eigenvalue weighted by atomic mass is 19.1. The summed E-state index contributed by atoms with van der Waals surface area (Å²) in [5.74, 6) is 0.912. The lowest BCUT2D eigenvalue weighted by Gasteiger charge is -2.33. The molecule has 6 aromatic rings. The van der Waals surface area contributed by atoms with Crippen LogP contribution in [-0.2, 0) is 6.54 Å². The van der Waals surface area contributed by atoms with Crippen LogP contribution in [0.2, 0.25) is 0 Å². The van der Waals surface area contributed by atoms with Crippen LogP contribution in [0, 0.1) is 12.8 Å². The Bertz CT molecular complexity index is 2060. The molecule has 9 nitrogen and oxygen atoms in total. The van der Waals surface area contributed by atoms with Gasteiger partial charge in [0, 0.05) is 47.2 Å². The molecule has 5 heterocycles. The van der Waals surface area contributed by atoms with Crippen molar-refractivity contribution in [2.75, 3.05) is 20.2 Å². The van der Waals surface area contributed by atoms with Gasteiger partial charge in [-0.15, -0.1) is 0 Å². The minimum absolute atomic E-state index is 0.0372. The van der Waals surface area contributed by atoms with Crippen molar-refractivity contribution in [3.63, 3.8) is 0 Å². The number of hydrogen-bond donors (Lipinski definition) is 2. The fourth-order valence-electron chi connectivity index (χ4n) is 6.73. The molecule has 1 saturated carbocycles. The van der Waals surface area contributed by atoms with E-state index in [0.717, 1.165) is 61.9 Å². The van der Waals surface area contributed by atoms with E-state index in [1.165, 1.54) is 17.7 Å². The normalized spacial score (nSPS) is 19.0. The molecule has 2 aromatic carbocycles. The molecule has 0 spiro atoms. The Balaban J connectivity index is 1.24. The van der Waals surface area contributed by atoms with E-state index in [2.05, 4.69) is 57.2 Å². The third kappa shape index (κ3) is 4.52. The molecular formula is C34H34FN7O2. The van der Waals surface area contributed by atoms with Gasteiger partial charge in [-0.3, -0.25) is 9.89 Å². The number of methoxy groups -OCH3 is 1. The maximum absolute atomic E-state index is 14.3. The number of nitrogens with two attached hydrogens (primary N) is 1. The molecule has 2 atom stereocenters. The number of rotatable bonds is 6. The molecule has 2 fully saturated rings. The predicted molar refractivity (Wildman–Crippen MR) is 169 cm³/mol. The molecule has 10 heteroatoms. The lowest BCUT2D eigenvalue weighted by Crippen LogP contribution is -2.50. The number of nitrogens with zero attached hydrogens (tertiary/aromatic N) is 5. The zero-order chi connectivity index (χ0) is 30.1. The van der Waals surface area contributed by atoms with Gasteiger partial charge in [-0.2, -0.15) is 10.2 Å². The van der Waals surface area contributed by atoms with Gasteiger partial charge in [0.2, 0.25) is 0 Å². The molecule has 4 aromatic heterocycles. The number of pyridine rings is 1. The Morgan fingerprint density at radius 2 is 1.91 bits per heavy atom. The monoisotopic (exact) mass is 591 g/mol. The van der Waals surface area contributed by atoms with Crippen LogP contribution in [0.3, 0.4) is 0 Å². The van der Waals surface area contributed by atoms with Gasteiger partial charge in [0.15, 0.2) is 0 Å². The van der Waals surface area contributed by atoms with Crippen LogP contribution in [0.4, 0.5) is 4.39 Å². The molecule has 8 rings (SSSR count). The highest BCUT2D eigenvalue weighted by Gasteiger charge is 2.30. The van der Waals surface area contributed by atoms with Crippen LogP contribution in [0.25, 0.3) is 49.8 Å². The molecule has 0 unspecified atom stereocenters. The summed E-state index contributed by atoms with van der Waals surface area (Å²) < 4.78 is 24.2. The van der Waals surface area contributed by atoms with Gasteiger partial charge >= 0.3 is 0 Å². The number of carbonyl (C=O) groups is 1. The molecule has 0 bridgehead atoms. The molecule has 0 radical (unpaired) electrons. The predicted octanol–water partition coefficient (Wildman–Crippen LogP) is 5.74. The summed E-state index contributed by atoms with van der Waals surface area (Å²) >= 11 is 0. The molecule has 3 N–H and O–H groups in total. The Morgan fingerprint density at radius 1 is 1.09 bits per heavy atom. The maximum Gasteiger partial charge on any atom is 0.255 e. The second-order valence-electron chi connectivity index (χ2n) is 12.4. The first-order valence-electron chi connectivity index (χ1n) is 15.2. The Labute approximate surface area is 253 Å². The van der Waals surface area contributed by atoms with Crippen molar-refractivity contribution in [3.8, 4) is 28.3 Å². The number of nitrogens with one attached hydrogen (secondary N) is 1. The van der Waals surface area contributed by atoms with Crippen molar-refractivity contribution in [2.45, 2.75) is 44.9 Å². The summed E-state index contributed by atoms with van der Waals surface area (Å²) in [6.45, 7) is 3.32. The number of piperidine rings is 1. The summed E-state index contributed by atoms with van der Waals surface area (Å²) in [5.41, 5.74) is 14.5. The summed E-state index contributed by atoms with van der Waals surface area (Å²) in [6, 6.07) is 16.5. The summed E-state index contributed by atoms with van der Waals surface area (Å²) in [6.07, 6.45) is 5.16. The zero-order valence-corrected chi connectivity index (χ0v) is 24.8. The Kier molecular flexibility index (Phi) is 6.23. The average Bonchev–Trinajstić information content (AvgIpc) is 3.44. The molecule has 224 valence electrons. The zero-order valence-electron chi connectivity index (χ0n) is 24.8. The third-order valence-electron chi connectivity index (χ3n) is 9.17. The number of halogens is 1. The van der Waals surface area contributed by atoms with E-state index in [-0.39, 0.29) is 24.9 Å². The first-order chi connectivity index (χ1) is 21.4. The van der Waals surface area contributed by atoms with Gasteiger partial charge in [-0.25, -0.2) is 8.91 Å². The molecule has 1 amide bonds. The van der Waals surface area contributed by atoms with E-state index in [0.29, 0.717) is 23.8 Å². The first-order valence-corrected chi connectivity index (χ1v) is 15.2. The number of ether oxygens (including phenoxy) is 1. The fraction of sp³-hybridized carbons (Fsp3) is 0.324. The van der Waals surface area contributed by atoms with Crippen molar-refractivity contribution < 1.29 is 13.9 Å². The highest BCUT2D eigenvalue weighted by molar-refractivity contribution is 5.96. The number of benzene rings is 2. The minimum Gasteiger partial charge on any atom is -0.494 e. The van der Waals surface area contributed by atoms with E-state index in [9.17, 15) is 9.18 Å².